The monoisotopic (exact) mass is 236 g/mol. The van der Waals surface area contributed by atoms with Crippen LogP contribution < -0.4 is 11.1 Å². The van der Waals surface area contributed by atoms with Crippen molar-refractivity contribution in [2.24, 2.45) is 11.7 Å². The van der Waals surface area contributed by atoms with E-state index in [4.69, 9.17) is 5.73 Å². The number of anilines is 1. The summed E-state index contributed by atoms with van der Waals surface area (Å²) in [5.74, 6) is 2.11. The maximum Gasteiger partial charge on any atom is 0.130 e. The van der Waals surface area contributed by atoms with Gasteiger partial charge in [-0.1, -0.05) is 20.8 Å². The molecule has 0 saturated heterocycles. The van der Waals surface area contributed by atoms with Gasteiger partial charge in [-0.25, -0.2) is 9.97 Å². The average Bonchev–Trinajstić information content (AvgIpc) is 2.27. The zero-order valence-electron chi connectivity index (χ0n) is 11.5. The molecule has 0 spiro atoms. The highest BCUT2D eigenvalue weighted by Gasteiger charge is 2.26. The maximum atomic E-state index is 5.86. The van der Waals surface area contributed by atoms with E-state index >= 15 is 0 Å². The maximum absolute atomic E-state index is 5.86. The lowest BCUT2D eigenvalue weighted by molar-refractivity contribution is 0.381. The third-order valence-corrected chi connectivity index (χ3v) is 3.37. The molecule has 96 valence electrons. The first kappa shape index (κ1) is 13.9. The lowest BCUT2D eigenvalue weighted by atomic mass is 9.88. The molecule has 1 aromatic rings. The molecule has 0 aromatic carbocycles. The molecule has 1 unspecified atom stereocenters. The minimum atomic E-state index is -0.133. The molecule has 0 saturated carbocycles. The first-order valence-electron chi connectivity index (χ1n) is 6.24. The first-order valence-corrected chi connectivity index (χ1v) is 6.24. The lowest BCUT2D eigenvalue weighted by Gasteiger charge is -2.34. The molecule has 0 fully saturated rings. The van der Waals surface area contributed by atoms with Crippen LogP contribution in [0.15, 0.2) is 6.07 Å². The van der Waals surface area contributed by atoms with Crippen LogP contribution in [0.5, 0.6) is 0 Å². The summed E-state index contributed by atoms with van der Waals surface area (Å²) in [6.45, 7) is 11.0. The molecule has 1 aromatic heterocycles. The van der Waals surface area contributed by atoms with Gasteiger partial charge in [-0.3, -0.25) is 0 Å². The Bertz CT molecular complexity index is 376. The minimum Gasteiger partial charge on any atom is -0.363 e. The number of nitrogens with zero attached hydrogens (tertiary/aromatic N) is 2. The van der Waals surface area contributed by atoms with Crippen LogP contribution in [0.25, 0.3) is 0 Å². The first-order chi connectivity index (χ1) is 7.91. The molecule has 4 nitrogen and oxygen atoms in total. The van der Waals surface area contributed by atoms with E-state index in [1.165, 1.54) is 0 Å². The van der Waals surface area contributed by atoms with E-state index < -0.39 is 0 Å². The molecule has 0 bridgehead atoms. The predicted molar refractivity (Wildman–Crippen MR) is 72.1 cm³/mol. The highest BCUT2D eigenvalue weighted by molar-refractivity contribution is 5.39. The summed E-state index contributed by atoms with van der Waals surface area (Å²) in [5.41, 5.74) is 6.78. The van der Waals surface area contributed by atoms with E-state index in [1.54, 1.807) is 0 Å². The summed E-state index contributed by atoms with van der Waals surface area (Å²) in [7, 11) is 0. The molecule has 4 heteroatoms. The number of nitrogens with one attached hydrogen (secondary N) is 1. The van der Waals surface area contributed by atoms with Crippen LogP contribution in [-0.4, -0.2) is 22.1 Å². The fourth-order valence-corrected chi connectivity index (χ4v) is 1.60. The second-order valence-corrected chi connectivity index (χ2v) is 5.05. The average molecular weight is 236 g/mol. The fourth-order valence-electron chi connectivity index (χ4n) is 1.60. The molecule has 1 atom stereocenters. The molecule has 0 radical (unpaired) electrons. The molecule has 3 N–H and O–H groups in total. The quantitative estimate of drug-likeness (QED) is 0.822. The van der Waals surface area contributed by atoms with E-state index in [0.717, 1.165) is 23.8 Å². The predicted octanol–water partition coefficient (Wildman–Crippen LogP) is 2.13. The highest BCUT2D eigenvalue weighted by atomic mass is 15.1. The van der Waals surface area contributed by atoms with Gasteiger partial charge in [0.15, 0.2) is 0 Å². The van der Waals surface area contributed by atoms with Crippen LogP contribution in [-0.2, 0) is 6.42 Å². The third-order valence-electron chi connectivity index (χ3n) is 3.37. The van der Waals surface area contributed by atoms with Gasteiger partial charge in [-0.2, -0.15) is 0 Å². The van der Waals surface area contributed by atoms with E-state index in [0.29, 0.717) is 12.5 Å². The molecular weight excluding hydrogens is 212 g/mol. The zero-order valence-corrected chi connectivity index (χ0v) is 11.5. The fraction of sp³-hybridized carbons (Fsp3) is 0.692. The van der Waals surface area contributed by atoms with Gasteiger partial charge < -0.3 is 11.1 Å². The van der Waals surface area contributed by atoms with Crippen LogP contribution in [0.1, 0.15) is 39.2 Å². The van der Waals surface area contributed by atoms with Crippen molar-refractivity contribution in [1.29, 1.82) is 0 Å². The number of aryl methyl sites for hydroxylation is 2. The number of rotatable bonds is 5. The Morgan fingerprint density at radius 2 is 2.06 bits per heavy atom. The Labute approximate surface area is 104 Å². The van der Waals surface area contributed by atoms with Gasteiger partial charge in [0.05, 0.1) is 5.54 Å². The van der Waals surface area contributed by atoms with Crippen LogP contribution in [0.2, 0.25) is 0 Å². The molecule has 0 amide bonds. The Balaban J connectivity index is 2.97. The van der Waals surface area contributed by atoms with Gasteiger partial charge in [0, 0.05) is 18.3 Å². The Hall–Kier alpha value is -1.16. The van der Waals surface area contributed by atoms with Gasteiger partial charge >= 0.3 is 0 Å². The molecule has 0 aliphatic carbocycles. The summed E-state index contributed by atoms with van der Waals surface area (Å²) in [6.07, 6.45) is 0.916. The second kappa shape index (κ2) is 5.45. The van der Waals surface area contributed by atoms with Crippen molar-refractivity contribution < 1.29 is 0 Å². The van der Waals surface area contributed by atoms with Gasteiger partial charge in [-0.15, -0.1) is 0 Å². The van der Waals surface area contributed by atoms with Crippen LogP contribution >= 0.6 is 0 Å². The number of hydrogen-bond acceptors (Lipinski definition) is 4. The van der Waals surface area contributed by atoms with Crippen molar-refractivity contribution >= 4 is 5.82 Å². The largest absolute Gasteiger partial charge is 0.363 e. The van der Waals surface area contributed by atoms with E-state index in [2.05, 4.69) is 43.0 Å². The molecule has 1 rings (SSSR count). The van der Waals surface area contributed by atoms with Crippen molar-refractivity contribution in [1.82, 2.24) is 9.97 Å². The van der Waals surface area contributed by atoms with Crippen LogP contribution in [0.4, 0.5) is 5.82 Å². The summed E-state index contributed by atoms with van der Waals surface area (Å²) in [4.78, 5) is 8.79. The van der Waals surface area contributed by atoms with Gasteiger partial charge in [-0.05, 0) is 26.2 Å². The van der Waals surface area contributed by atoms with Crippen molar-refractivity contribution in [3.63, 3.8) is 0 Å². The molecule has 17 heavy (non-hydrogen) atoms. The Kier molecular flexibility index (Phi) is 4.46. The lowest BCUT2D eigenvalue weighted by Crippen LogP contribution is -2.47. The SMILES string of the molecule is CCc1cc(NC(C)(CN)C(C)C)nc(C)n1. The highest BCUT2D eigenvalue weighted by Crippen LogP contribution is 2.21. The van der Waals surface area contributed by atoms with E-state index in [-0.39, 0.29) is 5.54 Å². The summed E-state index contributed by atoms with van der Waals surface area (Å²) in [6, 6.07) is 2.00. The van der Waals surface area contributed by atoms with Crippen molar-refractivity contribution in [2.45, 2.75) is 46.6 Å². The van der Waals surface area contributed by atoms with Gasteiger partial charge in [0.25, 0.3) is 0 Å². The van der Waals surface area contributed by atoms with Crippen molar-refractivity contribution in [3.8, 4) is 0 Å². The van der Waals surface area contributed by atoms with Crippen molar-refractivity contribution in [3.05, 3.63) is 17.6 Å². The van der Waals surface area contributed by atoms with Crippen LogP contribution in [0, 0.1) is 12.8 Å². The van der Waals surface area contributed by atoms with E-state index in [9.17, 15) is 0 Å². The summed E-state index contributed by atoms with van der Waals surface area (Å²) < 4.78 is 0. The number of nitrogens with two attached hydrogens (primary N) is 1. The smallest absolute Gasteiger partial charge is 0.130 e. The van der Waals surface area contributed by atoms with Crippen LogP contribution in [0.3, 0.4) is 0 Å². The standard InChI is InChI=1S/C13H24N4/c1-6-11-7-12(16-10(4)15-11)17-13(5,8-14)9(2)3/h7,9H,6,8,14H2,1-5H3,(H,15,16,17). The normalized spacial score (nSPS) is 14.8. The second-order valence-electron chi connectivity index (χ2n) is 5.05. The zero-order chi connectivity index (χ0) is 13.1. The Morgan fingerprint density at radius 3 is 2.53 bits per heavy atom. The van der Waals surface area contributed by atoms with Gasteiger partial charge in [0.1, 0.15) is 11.6 Å². The summed E-state index contributed by atoms with van der Waals surface area (Å²) in [5, 5.41) is 3.44. The third kappa shape index (κ3) is 3.40. The summed E-state index contributed by atoms with van der Waals surface area (Å²) >= 11 is 0. The molecule has 1 heterocycles. The minimum absolute atomic E-state index is 0.133. The Morgan fingerprint density at radius 1 is 1.41 bits per heavy atom. The number of hydrogen-bond donors (Lipinski definition) is 2. The molecule has 0 aliphatic rings. The molecular formula is C13H24N4. The topological polar surface area (TPSA) is 63.8 Å². The van der Waals surface area contributed by atoms with Crippen molar-refractivity contribution in [2.75, 3.05) is 11.9 Å². The van der Waals surface area contributed by atoms with E-state index in [1.807, 2.05) is 13.0 Å². The number of aromatic nitrogens is 2. The van der Waals surface area contributed by atoms with Gasteiger partial charge in [0.2, 0.25) is 0 Å². The molecule has 0 aliphatic heterocycles.